The van der Waals surface area contributed by atoms with Crippen LogP contribution in [0, 0.1) is 0 Å². The van der Waals surface area contributed by atoms with Crippen LogP contribution in [0.4, 0.5) is 5.69 Å². The minimum atomic E-state index is 0.107. The number of hydrogen-bond acceptors (Lipinski definition) is 5. The van der Waals surface area contributed by atoms with Gasteiger partial charge in [-0.2, -0.15) is 0 Å². The van der Waals surface area contributed by atoms with Crippen molar-refractivity contribution in [3.63, 3.8) is 0 Å². The molecule has 3 aliphatic rings. The number of piperazine rings is 1. The number of nitrogens with zero attached hydrogens (tertiary/aromatic N) is 3. The van der Waals surface area contributed by atoms with E-state index in [-0.39, 0.29) is 17.6 Å². The lowest BCUT2D eigenvalue weighted by Crippen LogP contribution is -2.56. The number of fused-ring (bicyclic) bond motifs is 1. The third kappa shape index (κ3) is 2.28. The number of nitrogens with one attached hydrogen (secondary N) is 2. The van der Waals surface area contributed by atoms with Crippen molar-refractivity contribution in [2.75, 3.05) is 37.6 Å². The first-order valence-electron chi connectivity index (χ1n) is 7.69. The van der Waals surface area contributed by atoms with Gasteiger partial charge in [-0.25, -0.2) is 0 Å². The van der Waals surface area contributed by atoms with Crippen molar-refractivity contribution in [1.82, 2.24) is 20.5 Å². The fraction of sp³-hybridized carbons (Fsp3) is 0.600. The lowest BCUT2D eigenvalue weighted by atomic mass is 9.88. The number of hydrogen-bond donors (Lipinski definition) is 2. The summed E-state index contributed by atoms with van der Waals surface area (Å²) < 4.78 is 0. The molecule has 6 heteroatoms. The molecule has 0 aliphatic carbocycles. The van der Waals surface area contributed by atoms with E-state index in [1.807, 2.05) is 17.3 Å². The molecule has 0 saturated carbocycles. The maximum absolute atomic E-state index is 12.0. The van der Waals surface area contributed by atoms with E-state index in [1.54, 1.807) is 0 Å². The second kappa shape index (κ2) is 4.96. The van der Waals surface area contributed by atoms with Gasteiger partial charge in [0.2, 0.25) is 5.91 Å². The van der Waals surface area contributed by atoms with Crippen LogP contribution in [0.1, 0.15) is 12.8 Å². The Morgan fingerprint density at radius 2 is 2.00 bits per heavy atom. The van der Waals surface area contributed by atoms with Crippen molar-refractivity contribution >= 4 is 11.6 Å². The van der Waals surface area contributed by atoms with Gasteiger partial charge in [0.05, 0.1) is 12.7 Å². The van der Waals surface area contributed by atoms with Crippen LogP contribution >= 0.6 is 0 Å². The van der Waals surface area contributed by atoms with Gasteiger partial charge in [0, 0.05) is 49.8 Å². The molecule has 0 aromatic carbocycles. The Hall–Kier alpha value is -1.66. The van der Waals surface area contributed by atoms with Gasteiger partial charge in [-0.3, -0.25) is 15.1 Å². The largest absolute Gasteiger partial charge is 0.371 e. The highest BCUT2D eigenvalue weighted by molar-refractivity contribution is 5.80. The van der Waals surface area contributed by atoms with E-state index in [1.165, 1.54) is 5.69 Å². The molecule has 1 aromatic heterocycles. The highest BCUT2D eigenvalue weighted by Gasteiger charge is 2.47. The Balaban J connectivity index is 1.44. The number of pyridine rings is 1. The second-order valence-electron chi connectivity index (χ2n) is 6.29. The molecule has 0 bridgehead atoms. The predicted octanol–water partition coefficient (Wildman–Crippen LogP) is -0.218. The fourth-order valence-corrected chi connectivity index (χ4v) is 3.80. The lowest BCUT2D eigenvalue weighted by Gasteiger charge is -2.40. The summed E-state index contributed by atoms with van der Waals surface area (Å²) in [5.41, 5.74) is 1.35. The lowest BCUT2D eigenvalue weighted by molar-refractivity contribution is -0.133. The van der Waals surface area contributed by atoms with Gasteiger partial charge >= 0.3 is 0 Å². The smallest absolute Gasteiger partial charge is 0.237 e. The van der Waals surface area contributed by atoms with E-state index in [4.69, 9.17) is 0 Å². The van der Waals surface area contributed by atoms with Crippen LogP contribution in [0.15, 0.2) is 24.5 Å². The Kier molecular flexibility index (Phi) is 3.08. The molecule has 1 atom stereocenters. The van der Waals surface area contributed by atoms with Crippen LogP contribution in [0.3, 0.4) is 0 Å². The zero-order chi connectivity index (χ0) is 14.3. The molecule has 1 aromatic rings. The molecular formula is C15H21N5O. The van der Waals surface area contributed by atoms with Crippen molar-refractivity contribution < 1.29 is 4.79 Å². The van der Waals surface area contributed by atoms with E-state index in [2.05, 4.69) is 32.7 Å². The number of rotatable bonds is 1. The molecule has 1 unspecified atom stereocenters. The van der Waals surface area contributed by atoms with Crippen molar-refractivity contribution in [2.45, 2.75) is 24.5 Å². The van der Waals surface area contributed by atoms with Gasteiger partial charge in [-0.05, 0) is 25.0 Å². The van der Waals surface area contributed by atoms with E-state index in [0.29, 0.717) is 6.54 Å². The molecule has 3 fully saturated rings. The molecule has 2 N–H and O–H groups in total. The number of carbonyl (C=O) groups is 1. The van der Waals surface area contributed by atoms with Crippen LogP contribution in [-0.2, 0) is 4.79 Å². The molecule has 3 aliphatic heterocycles. The molecule has 3 saturated heterocycles. The third-order valence-electron chi connectivity index (χ3n) is 5.00. The number of amides is 1. The van der Waals surface area contributed by atoms with Crippen LogP contribution in [-0.4, -0.2) is 60.2 Å². The van der Waals surface area contributed by atoms with Gasteiger partial charge in [0.25, 0.3) is 0 Å². The molecule has 1 spiro atoms. The number of carbonyl (C=O) groups excluding carboxylic acids is 1. The van der Waals surface area contributed by atoms with Crippen molar-refractivity contribution in [3.8, 4) is 0 Å². The molecule has 112 valence electrons. The van der Waals surface area contributed by atoms with Gasteiger partial charge in [-0.1, -0.05) is 0 Å². The standard InChI is InChI=1S/C15H21N5O/c21-14-10-17-9-13-18-15(11-20(13)14)3-7-19(8-4-15)12-1-5-16-6-2-12/h1-2,5-6,13,17-18H,3-4,7-11H2. The monoisotopic (exact) mass is 287 g/mol. The molecule has 4 heterocycles. The van der Waals surface area contributed by atoms with Crippen molar-refractivity contribution in [1.29, 1.82) is 0 Å². The first-order chi connectivity index (χ1) is 10.3. The quantitative estimate of drug-likeness (QED) is 0.748. The highest BCUT2D eigenvalue weighted by Crippen LogP contribution is 2.32. The number of piperidine rings is 1. The first kappa shape index (κ1) is 13.0. The maximum atomic E-state index is 12.0. The summed E-state index contributed by atoms with van der Waals surface area (Å²) in [6.45, 7) is 4.26. The number of aromatic nitrogens is 1. The Bertz CT molecular complexity index is 526. The Labute approximate surface area is 124 Å². The molecule has 0 radical (unpaired) electrons. The fourth-order valence-electron chi connectivity index (χ4n) is 3.80. The normalized spacial score (nSPS) is 28.0. The van der Waals surface area contributed by atoms with Gasteiger partial charge in [0.1, 0.15) is 0 Å². The van der Waals surface area contributed by atoms with E-state index in [9.17, 15) is 4.79 Å². The highest BCUT2D eigenvalue weighted by atomic mass is 16.2. The molecule has 6 nitrogen and oxygen atoms in total. The zero-order valence-electron chi connectivity index (χ0n) is 12.1. The Morgan fingerprint density at radius 1 is 1.24 bits per heavy atom. The second-order valence-corrected chi connectivity index (χ2v) is 6.29. The maximum Gasteiger partial charge on any atom is 0.237 e. The minimum absolute atomic E-state index is 0.107. The SMILES string of the molecule is O=C1CNCC2NC3(CCN(c4ccncc4)CC3)CN12. The average Bonchev–Trinajstić information content (AvgIpc) is 2.88. The van der Waals surface area contributed by atoms with Crippen LogP contribution < -0.4 is 15.5 Å². The predicted molar refractivity (Wildman–Crippen MR) is 79.9 cm³/mol. The molecular weight excluding hydrogens is 266 g/mol. The molecule has 1 amide bonds. The van der Waals surface area contributed by atoms with Crippen LogP contribution in [0.25, 0.3) is 0 Å². The summed E-state index contributed by atoms with van der Waals surface area (Å²) in [4.78, 5) is 20.5. The Morgan fingerprint density at radius 3 is 2.71 bits per heavy atom. The van der Waals surface area contributed by atoms with E-state index >= 15 is 0 Å². The van der Waals surface area contributed by atoms with Crippen LogP contribution in [0.5, 0.6) is 0 Å². The van der Waals surface area contributed by atoms with Gasteiger partial charge in [0.15, 0.2) is 0 Å². The number of anilines is 1. The van der Waals surface area contributed by atoms with Gasteiger partial charge < -0.3 is 15.1 Å². The first-order valence-corrected chi connectivity index (χ1v) is 7.69. The third-order valence-corrected chi connectivity index (χ3v) is 5.00. The zero-order valence-corrected chi connectivity index (χ0v) is 12.1. The average molecular weight is 287 g/mol. The summed E-state index contributed by atoms with van der Waals surface area (Å²) in [5.74, 6) is 0.229. The topological polar surface area (TPSA) is 60.5 Å². The van der Waals surface area contributed by atoms with Crippen molar-refractivity contribution in [3.05, 3.63) is 24.5 Å². The molecule has 4 rings (SSSR count). The summed E-state index contributed by atoms with van der Waals surface area (Å²) in [6, 6.07) is 4.13. The van der Waals surface area contributed by atoms with Gasteiger partial charge in [-0.15, -0.1) is 0 Å². The van der Waals surface area contributed by atoms with E-state index in [0.717, 1.165) is 39.0 Å². The van der Waals surface area contributed by atoms with Crippen LogP contribution in [0.2, 0.25) is 0 Å². The minimum Gasteiger partial charge on any atom is -0.371 e. The summed E-state index contributed by atoms with van der Waals surface area (Å²) in [7, 11) is 0. The van der Waals surface area contributed by atoms with Crippen molar-refractivity contribution in [2.24, 2.45) is 0 Å². The molecule has 21 heavy (non-hydrogen) atoms. The summed E-state index contributed by atoms with van der Waals surface area (Å²) >= 11 is 0. The summed E-state index contributed by atoms with van der Waals surface area (Å²) in [5, 5.41) is 6.91. The van der Waals surface area contributed by atoms with E-state index < -0.39 is 0 Å². The summed E-state index contributed by atoms with van der Waals surface area (Å²) in [6.07, 6.45) is 6.03.